The molecule has 1 aliphatic rings. The number of aromatic nitrogens is 1. The third-order valence-electron chi connectivity index (χ3n) is 2.75. The fourth-order valence-electron chi connectivity index (χ4n) is 2.04. The molecule has 1 radical (unpaired) electrons. The van der Waals surface area contributed by atoms with Crippen LogP contribution in [0.2, 0.25) is 0 Å². The minimum absolute atomic E-state index is 1.13. The zero-order valence-corrected chi connectivity index (χ0v) is 8.16. The van der Waals surface area contributed by atoms with E-state index in [1.54, 1.807) is 11.3 Å². The number of nitrogens with zero attached hydrogens (tertiary/aromatic N) is 1. The maximum atomic E-state index is 4.22. The van der Waals surface area contributed by atoms with Crippen LogP contribution in [0, 0.1) is 5.51 Å². The van der Waals surface area contributed by atoms with E-state index in [0.29, 0.717) is 0 Å². The predicted octanol–water partition coefficient (Wildman–Crippen LogP) is 2.98. The van der Waals surface area contributed by atoms with Crippen LogP contribution in [0.15, 0.2) is 12.1 Å². The number of thiazole rings is 1. The van der Waals surface area contributed by atoms with E-state index < -0.39 is 0 Å². The van der Waals surface area contributed by atoms with Crippen LogP contribution < -0.4 is 0 Å². The molecule has 1 aliphatic carbocycles. The van der Waals surface area contributed by atoms with Gasteiger partial charge in [0.1, 0.15) is 0 Å². The summed E-state index contributed by atoms with van der Waals surface area (Å²) in [4.78, 5) is 4.22. The largest absolute Gasteiger partial charge is 0.233 e. The topological polar surface area (TPSA) is 12.9 Å². The summed E-state index contributed by atoms with van der Waals surface area (Å²) in [5.41, 5.74) is 7.13. The molecule has 2 heteroatoms. The van der Waals surface area contributed by atoms with Gasteiger partial charge in [-0.05, 0) is 48.9 Å². The van der Waals surface area contributed by atoms with Crippen molar-refractivity contribution >= 4 is 21.6 Å². The molecule has 1 heterocycles. The Hall–Kier alpha value is -0.890. The Balaban J connectivity index is 2.28. The summed E-state index contributed by atoms with van der Waals surface area (Å²) in [6.45, 7) is 0. The van der Waals surface area contributed by atoms with Crippen molar-refractivity contribution in [3.63, 3.8) is 0 Å². The van der Waals surface area contributed by atoms with E-state index >= 15 is 0 Å². The molecular weight excluding hydrogens is 178 g/mol. The van der Waals surface area contributed by atoms with Crippen molar-refractivity contribution in [2.24, 2.45) is 0 Å². The van der Waals surface area contributed by atoms with Crippen LogP contribution in [-0.2, 0) is 12.8 Å². The minimum atomic E-state index is 1.13. The lowest BCUT2D eigenvalue weighted by Crippen LogP contribution is -2.01. The summed E-state index contributed by atoms with van der Waals surface area (Å²) in [6, 6.07) is 4.55. The highest BCUT2D eigenvalue weighted by Gasteiger charge is 2.10. The second kappa shape index (κ2) is 2.81. The average Bonchev–Trinajstić information content (AvgIpc) is 2.61. The fraction of sp³-hybridized carbons (Fsp3) is 0.364. The zero-order chi connectivity index (χ0) is 8.67. The van der Waals surface area contributed by atoms with E-state index in [0.717, 1.165) is 5.52 Å². The Kier molecular flexibility index (Phi) is 1.62. The predicted molar refractivity (Wildman–Crippen MR) is 55.1 cm³/mol. The molecule has 0 aliphatic heterocycles. The van der Waals surface area contributed by atoms with Gasteiger partial charge in [-0.15, -0.1) is 11.3 Å². The summed E-state index contributed by atoms with van der Waals surface area (Å²) in [7, 11) is 0. The van der Waals surface area contributed by atoms with Gasteiger partial charge in [-0.3, -0.25) is 0 Å². The maximum absolute atomic E-state index is 4.22. The van der Waals surface area contributed by atoms with Crippen molar-refractivity contribution in [3.05, 3.63) is 28.8 Å². The number of fused-ring (bicyclic) bond motifs is 2. The molecule has 0 unspecified atom stereocenters. The molecule has 0 N–H and O–H groups in total. The number of benzene rings is 1. The molecule has 0 saturated carbocycles. The van der Waals surface area contributed by atoms with Crippen molar-refractivity contribution in [1.29, 1.82) is 0 Å². The van der Waals surface area contributed by atoms with Gasteiger partial charge in [0.15, 0.2) is 5.51 Å². The Morgan fingerprint density at radius 2 is 1.92 bits per heavy atom. The second-order valence-electron chi connectivity index (χ2n) is 3.60. The molecule has 2 aromatic rings. The van der Waals surface area contributed by atoms with E-state index in [9.17, 15) is 0 Å². The van der Waals surface area contributed by atoms with Gasteiger partial charge in [-0.1, -0.05) is 0 Å². The second-order valence-corrected chi connectivity index (χ2v) is 4.43. The van der Waals surface area contributed by atoms with E-state index in [1.165, 1.54) is 41.5 Å². The van der Waals surface area contributed by atoms with Gasteiger partial charge in [-0.2, -0.15) is 0 Å². The van der Waals surface area contributed by atoms with Crippen LogP contribution >= 0.6 is 11.3 Å². The van der Waals surface area contributed by atoms with Crippen LogP contribution in [0.25, 0.3) is 10.2 Å². The molecule has 1 nitrogen and oxygen atoms in total. The molecule has 0 saturated heterocycles. The molecule has 0 bridgehead atoms. The molecule has 65 valence electrons. The van der Waals surface area contributed by atoms with Crippen molar-refractivity contribution in [3.8, 4) is 0 Å². The van der Waals surface area contributed by atoms with Gasteiger partial charge in [0.2, 0.25) is 0 Å². The Labute approximate surface area is 81.4 Å². The van der Waals surface area contributed by atoms with Gasteiger partial charge in [0.05, 0.1) is 10.2 Å². The summed E-state index contributed by atoms with van der Waals surface area (Å²) < 4.78 is 1.29. The number of hydrogen-bond acceptors (Lipinski definition) is 2. The number of rotatable bonds is 0. The van der Waals surface area contributed by atoms with Crippen molar-refractivity contribution in [2.45, 2.75) is 25.7 Å². The normalized spacial score (nSPS) is 16.0. The third-order valence-corrected chi connectivity index (χ3v) is 3.47. The van der Waals surface area contributed by atoms with Crippen LogP contribution in [0.1, 0.15) is 24.0 Å². The first-order valence-corrected chi connectivity index (χ1v) is 5.53. The minimum Gasteiger partial charge on any atom is -0.233 e. The molecule has 0 spiro atoms. The molecule has 0 fully saturated rings. The van der Waals surface area contributed by atoms with E-state index in [-0.39, 0.29) is 0 Å². The Bertz CT molecular complexity index is 404. The van der Waals surface area contributed by atoms with Crippen molar-refractivity contribution in [1.82, 2.24) is 4.98 Å². The van der Waals surface area contributed by atoms with Crippen LogP contribution in [0.5, 0.6) is 0 Å². The number of hydrogen-bond donors (Lipinski definition) is 0. The highest BCUT2D eigenvalue weighted by atomic mass is 32.1. The smallest absolute Gasteiger partial charge is 0.153 e. The lowest BCUT2D eigenvalue weighted by Gasteiger charge is -2.14. The third kappa shape index (κ3) is 1.17. The van der Waals surface area contributed by atoms with E-state index in [1.807, 2.05) is 0 Å². The lowest BCUT2D eigenvalue weighted by atomic mass is 9.92. The van der Waals surface area contributed by atoms with Crippen LogP contribution in [-0.4, -0.2) is 4.98 Å². The first-order chi connectivity index (χ1) is 6.43. The quantitative estimate of drug-likeness (QED) is 0.619. The first kappa shape index (κ1) is 7.51. The van der Waals surface area contributed by atoms with Gasteiger partial charge >= 0.3 is 0 Å². The molecular formula is C11H10NS. The Morgan fingerprint density at radius 3 is 2.77 bits per heavy atom. The highest BCUT2D eigenvalue weighted by molar-refractivity contribution is 7.16. The molecule has 1 aromatic carbocycles. The summed E-state index contributed by atoms with van der Waals surface area (Å²) >= 11 is 1.62. The number of aryl methyl sites for hydroxylation is 2. The Morgan fingerprint density at radius 1 is 1.15 bits per heavy atom. The van der Waals surface area contributed by atoms with Crippen LogP contribution in [0.4, 0.5) is 0 Å². The zero-order valence-electron chi connectivity index (χ0n) is 7.34. The summed E-state index contributed by atoms with van der Waals surface area (Å²) in [5, 5.41) is 0. The SMILES string of the molecule is [c]1nc2cc3c(cc2s1)CCCC3. The molecule has 13 heavy (non-hydrogen) atoms. The summed E-state index contributed by atoms with van der Waals surface area (Å²) in [6.07, 6.45) is 5.18. The average molecular weight is 188 g/mol. The highest BCUT2D eigenvalue weighted by Crippen LogP contribution is 2.27. The molecule has 3 rings (SSSR count). The van der Waals surface area contributed by atoms with Gasteiger partial charge in [0.25, 0.3) is 0 Å². The fourth-order valence-corrected chi connectivity index (χ4v) is 2.69. The standard InChI is InChI=1S/C11H10NS/c1-2-4-9-6-11-10(12-7-13-11)5-8(9)3-1/h5-6H,1-4H2. The van der Waals surface area contributed by atoms with Crippen molar-refractivity contribution in [2.75, 3.05) is 0 Å². The summed E-state index contributed by atoms with van der Waals surface area (Å²) in [5.74, 6) is 0. The van der Waals surface area contributed by atoms with Gasteiger partial charge in [0, 0.05) is 0 Å². The van der Waals surface area contributed by atoms with E-state index in [2.05, 4.69) is 22.6 Å². The monoisotopic (exact) mass is 188 g/mol. The molecule has 0 amide bonds. The molecule has 1 aromatic heterocycles. The first-order valence-electron chi connectivity index (χ1n) is 4.72. The van der Waals surface area contributed by atoms with Crippen LogP contribution in [0.3, 0.4) is 0 Å². The maximum Gasteiger partial charge on any atom is 0.153 e. The van der Waals surface area contributed by atoms with Gasteiger partial charge < -0.3 is 0 Å². The van der Waals surface area contributed by atoms with Crippen molar-refractivity contribution < 1.29 is 0 Å². The van der Waals surface area contributed by atoms with E-state index in [4.69, 9.17) is 0 Å². The van der Waals surface area contributed by atoms with Gasteiger partial charge in [-0.25, -0.2) is 4.98 Å². The lowest BCUT2D eigenvalue weighted by molar-refractivity contribution is 0.687. The molecule has 0 atom stereocenters.